The molecule has 33 heavy (non-hydrogen) atoms. The minimum absolute atomic E-state index is 0.0557. The molecule has 6 nitrogen and oxygen atoms in total. The molecule has 0 fully saturated rings. The fraction of sp³-hybridized carbons (Fsp3) is 0.292. The average Bonchev–Trinajstić information content (AvgIpc) is 3.25. The SMILES string of the molecule is O=C(c1cc2n(n1)CCN(Cc1cccc(C(F)(F)F)c1)C2=O)N1CCc2ccccc2C1. The third kappa shape index (κ3) is 4.10. The zero-order valence-corrected chi connectivity index (χ0v) is 17.7. The summed E-state index contributed by atoms with van der Waals surface area (Å²) in [6, 6.07) is 14.4. The molecule has 0 aliphatic carbocycles. The van der Waals surface area contributed by atoms with Gasteiger partial charge in [-0.1, -0.05) is 36.4 Å². The summed E-state index contributed by atoms with van der Waals surface area (Å²) in [6.07, 6.45) is -3.68. The molecular formula is C24H21F3N4O2. The normalized spacial score (nSPS) is 15.9. The highest BCUT2D eigenvalue weighted by atomic mass is 19.4. The fourth-order valence-electron chi connectivity index (χ4n) is 4.39. The minimum Gasteiger partial charge on any atom is -0.333 e. The highest BCUT2D eigenvalue weighted by Gasteiger charge is 2.32. The number of hydrogen-bond donors (Lipinski definition) is 0. The number of amides is 2. The zero-order valence-electron chi connectivity index (χ0n) is 17.7. The van der Waals surface area contributed by atoms with E-state index >= 15 is 0 Å². The van der Waals surface area contributed by atoms with Gasteiger partial charge >= 0.3 is 6.18 Å². The van der Waals surface area contributed by atoms with Crippen LogP contribution in [0.1, 0.15) is 43.2 Å². The van der Waals surface area contributed by atoms with E-state index in [0.29, 0.717) is 31.7 Å². The molecule has 2 aliphatic rings. The van der Waals surface area contributed by atoms with E-state index in [9.17, 15) is 22.8 Å². The molecule has 0 bridgehead atoms. The molecule has 0 radical (unpaired) electrons. The third-order valence-electron chi connectivity index (χ3n) is 6.13. The summed E-state index contributed by atoms with van der Waals surface area (Å²) < 4.78 is 40.5. The van der Waals surface area contributed by atoms with Gasteiger partial charge in [0.05, 0.1) is 12.1 Å². The van der Waals surface area contributed by atoms with Crippen molar-refractivity contribution >= 4 is 11.8 Å². The van der Waals surface area contributed by atoms with Gasteiger partial charge in [0.1, 0.15) is 5.69 Å². The van der Waals surface area contributed by atoms with Crippen LogP contribution < -0.4 is 0 Å². The lowest BCUT2D eigenvalue weighted by atomic mass is 10.00. The monoisotopic (exact) mass is 454 g/mol. The first kappa shape index (κ1) is 21.2. The molecular weight excluding hydrogens is 433 g/mol. The summed E-state index contributed by atoms with van der Waals surface area (Å²) in [5.74, 6) is -0.585. The van der Waals surface area contributed by atoms with Gasteiger partial charge in [-0.15, -0.1) is 0 Å². The molecule has 0 saturated carbocycles. The second-order valence-corrected chi connectivity index (χ2v) is 8.31. The second kappa shape index (κ2) is 8.06. The number of benzene rings is 2. The molecule has 0 spiro atoms. The number of aromatic nitrogens is 2. The lowest BCUT2D eigenvalue weighted by Gasteiger charge is -2.28. The van der Waals surface area contributed by atoms with Gasteiger partial charge in [-0.25, -0.2) is 0 Å². The number of rotatable bonds is 3. The molecule has 9 heteroatoms. The molecule has 2 aliphatic heterocycles. The van der Waals surface area contributed by atoms with Crippen molar-refractivity contribution in [3.8, 4) is 0 Å². The highest BCUT2D eigenvalue weighted by molar-refractivity contribution is 5.98. The van der Waals surface area contributed by atoms with Crippen molar-refractivity contribution in [1.82, 2.24) is 19.6 Å². The van der Waals surface area contributed by atoms with E-state index in [1.165, 1.54) is 27.3 Å². The van der Waals surface area contributed by atoms with Gasteiger partial charge in [-0.3, -0.25) is 14.3 Å². The molecule has 5 rings (SSSR count). The predicted octanol–water partition coefficient (Wildman–Crippen LogP) is 3.76. The van der Waals surface area contributed by atoms with Gasteiger partial charge in [0.25, 0.3) is 11.8 Å². The molecule has 3 aromatic rings. The van der Waals surface area contributed by atoms with Gasteiger partial charge < -0.3 is 9.80 Å². The molecule has 0 atom stereocenters. The van der Waals surface area contributed by atoms with Crippen molar-refractivity contribution < 1.29 is 22.8 Å². The Hall–Kier alpha value is -3.62. The number of nitrogens with zero attached hydrogens (tertiary/aromatic N) is 4. The van der Waals surface area contributed by atoms with Crippen LogP contribution in [0.25, 0.3) is 0 Å². The summed E-state index contributed by atoms with van der Waals surface area (Å²) in [5, 5.41) is 4.35. The van der Waals surface area contributed by atoms with Gasteiger partial charge in [-0.05, 0) is 35.2 Å². The smallest absolute Gasteiger partial charge is 0.333 e. The van der Waals surface area contributed by atoms with Crippen molar-refractivity contribution in [2.45, 2.75) is 32.2 Å². The lowest BCUT2D eigenvalue weighted by molar-refractivity contribution is -0.137. The van der Waals surface area contributed by atoms with E-state index in [-0.39, 0.29) is 29.7 Å². The highest BCUT2D eigenvalue weighted by Crippen LogP contribution is 2.30. The van der Waals surface area contributed by atoms with E-state index in [4.69, 9.17) is 0 Å². The van der Waals surface area contributed by atoms with E-state index < -0.39 is 11.7 Å². The van der Waals surface area contributed by atoms with E-state index in [1.54, 1.807) is 11.0 Å². The number of fused-ring (bicyclic) bond motifs is 2. The van der Waals surface area contributed by atoms with Crippen LogP contribution in [-0.2, 0) is 32.2 Å². The quantitative estimate of drug-likeness (QED) is 0.606. The van der Waals surface area contributed by atoms with Crippen LogP contribution in [-0.4, -0.2) is 44.5 Å². The Labute approximate surface area is 188 Å². The number of carbonyl (C=O) groups excluding carboxylic acids is 2. The summed E-state index contributed by atoms with van der Waals surface area (Å²) in [6.45, 7) is 1.80. The Morgan fingerprint density at radius 1 is 0.970 bits per heavy atom. The van der Waals surface area contributed by atoms with E-state index in [1.807, 2.05) is 18.2 Å². The van der Waals surface area contributed by atoms with Gasteiger partial charge in [-0.2, -0.15) is 18.3 Å². The topological polar surface area (TPSA) is 58.4 Å². The first-order valence-electron chi connectivity index (χ1n) is 10.7. The molecule has 2 aromatic carbocycles. The van der Waals surface area contributed by atoms with Gasteiger partial charge in [0, 0.05) is 32.2 Å². The maximum absolute atomic E-state index is 13.1. The summed E-state index contributed by atoms with van der Waals surface area (Å²) in [7, 11) is 0. The van der Waals surface area contributed by atoms with E-state index in [2.05, 4.69) is 11.2 Å². The Morgan fingerprint density at radius 2 is 1.76 bits per heavy atom. The maximum atomic E-state index is 13.1. The van der Waals surface area contributed by atoms with Crippen LogP contribution >= 0.6 is 0 Å². The molecule has 0 unspecified atom stereocenters. The second-order valence-electron chi connectivity index (χ2n) is 8.31. The third-order valence-corrected chi connectivity index (χ3v) is 6.13. The summed E-state index contributed by atoms with van der Waals surface area (Å²) >= 11 is 0. The number of alkyl halides is 3. The largest absolute Gasteiger partial charge is 0.416 e. The molecule has 0 N–H and O–H groups in total. The van der Waals surface area contributed by atoms with Crippen molar-refractivity contribution in [2.24, 2.45) is 0 Å². The van der Waals surface area contributed by atoms with Crippen LogP contribution in [0.3, 0.4) is 0 Å². The van der Waals surface area contributed by atoms with Crippen molar-refractivity contribution in [3.05, 3.63) is 88.2 Å². The van der Waals surface area contributed by atoms with Crippen LogP contribution in [0.4, 0.5) is 13.2 Å². The molecule has 170 valence electrons. The van der Waals surface area contributed by atoms with Crippen LogP contribution in [0.2, 0.25) is 0 Å². The zero-order chi connectivity index (χ0) is 23.2. The number of hydrogen-bond acceptors (Lipinski definition) is 3. The Morgan fingerprint density at radius 3 is 2.55 bits per heavy atom. The van der Waals surface area contributed by atoms with Crippen LogP contribution in [0.15, 0.2) is 54.6 Å². The number of carbonyl (C=O) groups is 2. The standard InChI is InChI=1S/C24H21F3N4O2/c25-24(26,27)19-7-3-4-16(12-19)14-30-10-11-31-21(23(30)33)13-20(28-31)22(32)29-9-8-17-5-1-2-6-18(17)15-29/h1-7,12-13H,8-11,14-15H2. The molecule has 2 amide bonds. The Kier molecular flexibility index (Phi) is 5.19. The maximum Gasteiger partial charge on any atom is 0.416 e. The predicted molar refractivity (Wildman–Crippen MR) is 113 cm³/mol. The Balaban J connectivity index is 1.32. The van der Waals surface area contributed by atoms with Gasteiger partial charge in [0.15, 0.2) is 5.69 Å². The average molecular weight is 454 g/mol. The lowest BCUT2D eigenvalue weighted by Crippen LogP contribution is -2.39. The van der Waals surface area contributed by atoms with E-state index in [0.717, 1.165) is 24.1 Å². The number of halogens is 3. The van der Waals surface area contributed by atoms with Crippen molar-refractivity contribution in [3.63, 3.8) is 0 Å². The van der Waals surface area contributed by atoms with Crippen LogP contribution in [0, 0.1) is 0 Å². The van der Waals surface area contributed by atoms with Crippen molar-refractivity contribution in [2.75, 3.05) is 13.1 Å². The Bertz CT molecular complexity index is 1230. The summed E-state index contributed by atoms with van der Waals surface area (Å²) in [4.78, 5) is 29.3. The first-order chi connectivity index (χ1) is 15.8. The minimum atomic E-state index is -4.44. The van der Waals surface area contributed by atoms with Gasteiger partial charge in [0.2, 0.25) is 0 Å². The fourth-order valence-corrected chi connectivity index (χ4v) is 4.39. The molecule has 1 aromatic heterocycles. The molecule has 3 heterocycles. The van der Waals surface area contributed by atoms with Crippen LogP contribution in [0.5, 0.6) is 0 Å². The molecule has 0 saturated heterocycles. The van der Waals surface area contributed by atoms with Crippen molar-refractivity contribution in [1.29, 1.82) is 0 Å². The summed E-state index contributed by atoms with van der Waals surface area (Å²) in [5.41, 5.74) is 2.46. The first-order valence-corrected chi connectivity index (χ1v) is 10.7.